The minimum absolute atomic E-state index is 0.198. The topological polar surface area (TPSA) is 35.6 Å². The van der Waals surface area contributed by atoms with E-state index in [0.717, 1.165) is 31.2 Å². The third kappa shape index (κ3) is 2.80. The number of nitrogens with one attached hydrogen (secondary N) is 1. The number of amides is 1. The van der Waals surface area contributed by atoms with Crippen molar-refractivity contribution in [2.75, 3.05) is 31.7 Å². The summed E-state index contributed by atoms with van der Waals surface area (Å²) in [5.74, 6) is 1.02. The fraction of sp³-hybridized carbons (Fsp3) is 0.562. The minimum atomic E-state index is 0.198. The summed E-state index contributed by atoms with van der Waals surface area (Å²) in [4.78, 5) is 11.6. The molecule has 1 aromatic carbocycles. The largest absolute Gasteiger partial charge is 0.317 e. The number of hydrogen-bond acceptors (Lipinski definition) is 3. The molecule has 0 saturated carbocycles. The number of anilines is 1. The van der Waals surface area contributed by atoms with Gasteiger partial charge in [-0.15, -0.1) is 0 Å². The maximum atomic E-state index is 11.6. The smallest absolute Gasteiger partial charge is 0.242 e. The van der Waals surface area contributed by atoms with Gasteiger partial charge in [-0.3, -0.25) is 14.8 Å². The number of hydrazine groups is 1. The molecule has 0 aliphatic carbocycles. The van der Waals surface area contributed by atoms with Crippen molar-refractivity contribution < 1.29 is 4.79 Å². The lowest BCUT2D eigenvalue weighted by Gasteiger charge is -2.26. The zero-order valence-electron chi connectivity index (χ0n) is 12.1. The summed E-state index contributed by atoms with van der Waals surface area (Å²) in [6.07, 6.45) is 4.36. The van der Waals surface area contributed by atoms with Crippen LogP contribution >= 0.6 is 0 Å². The van der Waals surface area contributed by atoms with E-state index in [0.29, 0.717) is 6.42 Å². The van der Waals surface area contributed by atoms with Crippen LogP contribution in [0.25, 0.3) is 0 Å². The fourth-order valence-corrected chi connectivity index (χ4v) is 3.17. The second-order valence-corrected chi connectivity index (χ2v) is 5.85. The number of hydrogen-bond donors (Lipinski definition) is 1. The van der Waals surface area contributed by atoms with Crippen molar-refractivity contribution in [3.8, 4) is 0 Å². The first-order chi connectivity index (χ1) is 9.74. The van der Waals surface area contributed by atoms with E-state index in [1.807, 2.05) is 7.05 Å². The Kier molecular flexibility index (Phi) is 3.92. The van der Waals surface area contributed by atoms with E-state index in [-0.39, 0.29) is 5.91 Å². The molecule has 0 atom stereocenters. The molecule has 4 heteroatoms. The van der Waals surface area contributed by atoms with Crippen molar-refractivity contribution in [3.05, 3.63) is 29.8 Å². The van der Waals surface area contributed by atoms with E-state index in [9.17, 15) is 4.79 Å². The Balaban J connectivity index is 1.63. The van der Waals surface area contributed by atoms with Crippen molar-refractivity contribution in [1.29, 1.82) is 0 Å². The summed E-state index contributed by atoms with van der Waals surface area (Å²) in [6, 6.07) is 8.72. The third-order valence-electron chi connectivity index (χ3n) is 4.48. The van der Waals surface area contributed by atoms with Crippen LogP contribution in [-0.2, 0) is 11.2 Å². The van der Waals surface area contributed by atoms with Gasteiger partial charge in [0.05, 0.1) is 5.69 Å². The molecule has 0 unspecified atom stereocenters. The van der Waals surface area contributed by atoms with Gasteiger partial charge < -0.3 is 5.32 Å². The Hall–Kier alpha value is -1.55. The van der Waals surface area contributed by atoms with Crippen molar-refractivity contribution in [3.63, 3.8) is 0 Å². The molecule has 2 aliphatic rings. The van der Waals surface area contributed by atoms with Gasteiger partial charge in [0.2, 0.25) is 5.91 Å². The average molecular weight is 273 g/mol. The van der Waals surface area contributed by atoms with E-state index in [4.69, 9.17) is 0 Å². The number of nitrogens with zero attached hydrogens (tertiary/aromatic N) is 2. The maximum Gasteiger partial charge on any atom is 0.242 e. The highest BCUT2D eigenvalue weighted by molar-refractivity contribution is 5.81. The van der Waals surface area contributed by atoms with Crippen LogP contribution in [0.15, 0.2) is 24.3 Å². The molecule has 2 heterocycles. The standard InChI is InChI=1S/C16H23N3O/c1-18-16(20)8-11-19(18)15-4-2-13(3-5-15)12-14-6-9-17-10-7-14/h2-5,14,17H,6-12H2,1H3. The van der Waals surface area contributed by atoms with Crippen LogP contribution in [0.1, 0.15) is 24.8 Å². The molecular weight excluding hydrogens is 250 g/mol. The van der Waals surface area contributed by atoms with Gasteiger partial charge in [-0.2, -0.15) is 0 Å². The van der Waals surface area contributed by atoms with Gasteiger partial charge >= 0.3 is 0 Å². The van der Waals surface area contributed by atoms with Crippen LogP contribution in [0.2, 0.25) is 0 Å². The first-order valence-corrected chi connectivity index (χ1v) is 7.58. The molecule has 1 N–H and O–H groups in total. The molecule has 2 fully saturated rings. The lowest BCUT2D eigenvalue weighted by Crippen LogP contribution is -2.35. The number of carbonyl (C=O) groups is 1. The molecule has 0 spiro atoms. The van der Waals surface area contributed by atoms with Crippen LogP contribution in [0.5, 0.6) is 0 Å². The number of benzene rings is 1. The highest BCUT2D eigenvalue weighted by atomic mass is 16.2. The first kappa shape index (κ1) is 13.4. The second-order valence-electron chi connectivity index (χ2n) is 5.85. The predicted octanol–water partition coefficient (Wildman–Crippen LogP) is 1.81. The molecule has 0 radical (unpaired) electrons. The molecule has 2 aliphatic heterocycles. The van der Waals surface area contributed by atoms with E-state index >= 15 is 0 Å². The Bertz CT molecular complexity index is 465. The van der Waals surface area contributed by atoms with Gasteiger partial charge in [0.25, 0.3) is 0 Å². The summed E-state index contributed by atoms with van der Waals surface area (Å²) in [5.41, 5.74) is 2.53. The molecule has 2 saturated heterocycles. The molecule has 1 aromatic rings. The highest BCUT2D eigenvalue weighted by Crippen LogP contribution is 2.24. The summed E-state index contributed by atoms with van der Waals surface area (Å²) in [5, 5.41) is 7.19. The second kappa shape index (κ2) is 5.83. The normalized spacial score (nSPS) is 20.8. The first-order valence-electron chi connectivity index (χ1n) is 7.58. The van der Waals surface area contributed by atoms with E-state index in [1.54, 1.807) is 5.01 Å². The molecule has 20 heavy (non-hydrogen) atoms. The number of piperidine rings is 1. The lowest BCUT2D eigenvalue weighted by molar-refractivity contribution is -0.126. The number of carbonyl (C=O) groups excluding carboxylic acids is 1. The third-order valence-corrected chi connectivity index (χ3v) is 4.48. The summed E-state index contributed by atoms with van der Waals surface area (Å²) < 4.78 is 0. The Morgan fingerprint density at radius 3 is 2.50 bits per heavy atom. The van der Waals surface area contributed by atoms with Crippen molar-refractivity contribution >= 4 is 11.6 Å². The zero-order valence-corrected chi connectivity index (χ0v) is 12.1. The molecule has 0 aromatic heterocycles. The van der Waals surface area contributed by atoms with E-state index < -0.39 is 0 Å². The zero-order chi connectivity index (χ0) is 13.9. The molecule has 4 nitrogen and oxygen atoms in total. The predicted molar refractivity (Wildman–Crippen MR) is 80.5 cm³/mol. The minimum Gasteiger partial charge on any atom is -0.317 e. The van der Waals surface area contributed by atoms with Crippen molar-refractivity contribution in [1.82, 2.24) is 10.3 Å². The molecular formula is C16H23N3O. The van der Waals surface area contributed by atoms with Crippen LogP contribution in [-0.4, -0.2) is 37.6 Å². The van der Waals surface area contributed by atoms with Crippen LogP contribution in [0.4, 0.5) is 5.69 Å². The summed E-state index contributed by atoms with van der Waals surface area (Å²) in [6.45, 7) is 3.11. The lowest BCUT2D eigenvalue weighted by atomic mass is 9.91. The van der Waals surface area contributed by atoms with E-state index in [1.165, 1.54) is 24.8 Å². The van der Waals surface area contributed by atoms with Crippen molar-refractivity contribution in [2.24, 2.45) is 5.92 Å². The van der Waals surface area contributed by atoms with Gasteiger partial charge in [0.1, 0.15) is 0 Å². The molecule has 0 bridgehead atoms. The van der Waals surface area contributed by atoms with Gasteiger partial charge in [-0.1, -0.05) is 12.1 Å². The maximum absolute atomic E-state index is 11.6. The Morgan fingerprint density at radius 2 is 1.90 bits per heavy atom. The molecule has 1 amide bonds. The van der Waals surface area contributed by atoms with E-state index in [2.05, 4.69) is 34.6 Å². The van der Waals surface area contributed by atoms with Crippen molar-refractivity contribution in [2.45, 2.75) is 25.7 Å². The quantitative estimate of drug-likeness (QED) is 0.912. The summed E-state index contributed by atoms with van der Waals surface area (Å²) >= 11 is 0. The van der Waals surface area contributed by atoms with Gasteiger partial charge in [-0.05, 0) is 56.0 Å². The Labute approximate surface area is 120 Å². The highest BCUT2D eigenvalue weighted by Gasteiger charge is 2.25. The SMILES string of the molecule is CN1C(=O)CCN1c1ccc(CC2CCNCC2)cc1. The van der Waals surface area contributed by atoms with Crippen LogP contribution in [0, 0.1) is 5.92 Å². The number of rotatable bonds is 3. The Morgan fingerprint density at radius 1 is 1.20 bits per heavy atom. The summed E-state index contributed by atoms with van der Waals surface area (Å²) in [7, 11) is 1.85. The molecule has 108 valence electrons. The van der Waals surface area contributed by atoms with Gasteiger partial charge in [0, 0.05) is 20.0 Å². The van der Waals surface area contributed by atoms with Gasteiger partial charge in [0.15, 0.2) is 0 Å². The average Bonchev–Trinajstić information content (AvgIpc) is 2.81. The van der Waals surface area contributed by atoms with Gasteiger partial charge in [-0.25, -0.2) is 0 Å². The monoisotopic (exact) mass is 273 g/mol. The molecule has 3 rings (SSSR count). The van der Waals surface area contributed by atoms with Crippen LogP contribution < -0.4 is 10.3 Å². The fourth-order valence-electron chi connectivity index (χ4n) is 3.17. The van der Waals surface area contributed by atoms with Crippen LogP contribution in [0.3, 0.4) is 0 Å².